The normalized spacial score (nSPS) is 17.8. The summed E-state index contributed by atoms with van der Waals surface area (Å²) < 4.78 is 13.1. The van der Waals surface area contributed by atoms with Gasteiger partial charge in [-0.15, -0.1) is 0 Å². The van der Waals surface area contributed by atoms with Crippen LogP contribution < -0.4 is 4.90 Å². The number of pyridine rings is 1. The molecule has 1 aliphatic heterocycles. The van der Waals surface area contributed by atoms with Gasteiger partial charge in [-0.25, -0.2) is 14.2 Å². The lowest BCUT2D eigenvalue weighted by atomic mass is 9.98. The lowest BCUT2D eigenvalue weighted by Gasteiger charge is -2.33. The third-order valence-electron chi connectivity index (χ3n) is 4.32. The highest BCUT2D eigenvalue weighted by molar-refractivity contribution is 5.94. The number of aromatic carboxylic acids is 1. The number of rotatable bonds is 4. The fourth-order valence-corrected chi connectivity index (χ4v) is 3.04. The van der Waals surface area contributed by atoms with Gasteiger partial charge in [-0.3, -0.25) is 0 Å². The van der Waals surface area contributed by atoms with E-state index in [4.69, 9.17) is 0 Å². The predicted octanol–water partition coefficient (Wildman–Crippen LogP) is 2.79. The zero-order valence-corrected chi connectivity index (χ0v) is 13.2. The smallest absolute Gasteiger partial charge is 0.339 e. The number of aromatic nitrogens is 1. The molecule has 0 amide bonds. The molecule has 1 unspecified atom stereocenters. The Kier molecular flexibility index (Phi) is 4.76. The van der Waals surface area contributed by atoms with Crippen molar-refractivity contribution < 1.29 is 19.4 Å². The summed E-state index contributed by atoms with van der Waals surface area (Å²) in [6, 6.07) is 9.11. The summed E-state index contributed by atoms with van der Waals surface area (Å²) in [5.41, 5.74) is 1.46. The second-order valence-corrected chi connectivity index (χ2v) is 6.02. The Balaban J connectivity index is 2.00. The zero-order valence-electron chi connectivity index (χ0n) is 13.2. The molecular weight excluding hydrogens is 311 g/mol. The van der Waals surface area contributed by atoms with Crippen LogP contribution in [0.1, 0.15) is 23.2 Å². The van der Waals surface area contributed by atoms with E-state index >= 15 is 0 Å². The molecule has 1 atom stereocenters. The van der Waals surface area contributed by atoms with Gasteiger partial charge in [-0.2, -0.15) is 0 Å². The van der Waals surface area contributed by atoms with E-state index in [-0.39, 0.29) is 23.9 Å². The highest BCUT2D eigenvalue weighted by Gasteiger charge is 2.24. The molecule has 5 nitrogen and oxygen atoms in total. The van der Waals surface area contributed by atoms with E-state index in [2.05, 4.69) is 4.98 Å². The molecule has 0 bridgehead atoms. The minimum atomic E-state index is -1.03. The molecular formula is C18H19FN2O3. The van der Waals surface area contributed by atoms with Gasteiger partial charge in [0.1, 0.15) is 17.2 Å². The lowest BCUT2D eigenvalue weighted by Crippen LogP contribution is -2.38. The van der Waals surface area contributed by atoms with Gasteiger partial charge in [-0.05, 0) is 55.2 Å². The number of aliphatic hydroxyl groups excluding tert-OH is 1. The number of carbonyl (C=O) groups is 1. The van der Waals surface area contributed by atoms with Crippen LogP contribution >= 0.6 is 0 Å². The first-order valence-corrected chi connectivity index (χ1v) is 7.94. The van der Waals surface area contributed by atoms with Crippen LogP contribution in [0.3, 0.4) is 0 Å². The molecule has 126 valence electrons. The molecule has 2 N–H and O–H groups in total. The minimum Gasteiger partial charge on any atom is -0.478 e. The summed E-state index contributed by atoms with van der Waals surface area (Å²) in [4.78, 5) is 18.0. The first-order chi connectivity index (χ1) is 11.6. The van der Waals surface area contributed by atoms with Crippen LogP contribution in [0.2, 0.25) is 0 Å². The number of hydrogen-bond acceptors (Lipinski definition) is 4. The number of nitrogens with zero attached hydrogens (tertiary/aromatic N) is 2. The van der Waals surface area contributed by atoms with Crippen LogP contribution in [0, 0.1) is 11.7 Å². The number of anilines is 1. The number of benzene rings is 1. The Morgan fingerprint density at radius 2 is 2.00 bits per heavy atom. The van der Waals surface area contributed by atoms with E-state index in [1.807, 2.05) is 4.90 Å². The van der Waals surface area contributed by atoms with Gasteiger partial charge < -0.3 is 15.1 Å². The van der Waals surface area contributed by atoms with Crippen LogP contribution in [-0.2, 0) is 0 Å². The Bertz CT molecular complexity index is 734. The molecule has 1 aromatic carbocycles. The first-order valence-electron chi connectivity index (χ1n) is 7.94. The molecule has 0 radical (unpaired) electrons. The third kappa shape index (κ3) is 3.38. The average Bonchev–Trinajstić information content (AvgIpc) is 2.62. The summed E-state index contributed by atoms with van der Waals surface area (Å²) in [5.74, 6) is -0.837. The topological polar surface area (TPSA) is 73.7 Å². The standard InChI is InChI=1S/C18H19FN2O3/c19-14-5-3-13(4-6-14)16-8-7-15(18(23)24)17(20-16)21-9-1-2-12(10-21)11-22/h3-8,12,22H,1-2,9-11H2,(H,23,24). The molecule has 2 heterocycles. The van der Waals surface area contributed by atoms with Gasteiger partial charge in [-0.1, -0.05) is 0 Å². The molecule has 0 saturated carbocycles. The van der Waals surface area contributed by atoms with Crippen LogP contribution in [0.15, 0.2) is 36.4 Å². The SMILES string of the molecule is O=C(O)c1ccc(-c2ccc(F)cc2)nc1N1CCCC(CO)C1. The zero-order chi connectivity index (χ0) is 17.1. The molecule has 1 saturated heterocycles. The summed E-state index contributed by atoms with van der Waals surface area (Å²) in [5, 5.41) is 18.8. The van der Waals surface area contributed by atoms with E-state index in [9.17, 15) is 19.4 Å². The number of aliphatic hydroxyl groups is 1. The van der Waals surface area contributed by atoms with Crippen LogP contribution in [-0.4, -0.2) is 40.9 Å². The Labute approximate surface area is 139 Å². The Morgan fingerprint density at radius 1 is 1.25 bits per heavy atom. The molecule has 24 heavy (non-hydrogen) atoms. The molecule has 0 aliphatic carbocycles. The number of piperidine rings is 1. The largest absolute Gasteiger partial charge is 0.478 e. The van der Waals surface area contributed by atoms with Crippen molar-refractivity contribution in [3.8, 4) is 11.3 Å². The summed E-state index contributed by atoms with van der Waals surface area (Å²) in [6.45, 7) is 1.36. The van der Waals surface area contributed by atoms with E-state index in [0.29, 0.717) is 24.6 Å². The van der Waals surface area contributed by atoms with Crippen LogP contribution in [0.25, 0.3) is 11.3 Å². The number of halogens is 1. The third-order valence-corrected chi connectivity index (χ3v) is 4.32. The van der Waals surface area contributed by atoms with Crippen molar-refractivity contribution in [3.63, 3.8) is 0 Å². The van der Waals surface area contributed by atoms with Crippen LogP contribution in [0.4, 0.5) is 10.2 Å². The number of carboxylic acids is 1. The maximum Gasteiger partial charge on any atom is 0.339 e. The average molecular weight is 330 g/mol. The highest BCUT2D eigenvalue weighted by Crippen LogP contribution is 2.28. The highest BCUT2D eigenvalue weighted by atomic mass is 19.1. The van der Waals surface area contributed by atoms with Crippen molar-refractivity contribution in [1.29, 1.82) is 0 Å². The molecule has 1 aliphatic rings. The van der Waals surface area contributed by atoms with Gasteiger partial charge in [0.25, 0.3) is 0 Å². The summed E-state index contributed by atoms with van der Waals surface area (Å²) >= 11 is 0. The van der Waals surface area contributed by atoms with E-state index in [1.165, 1.54) is 18.2 Å². The molecule has 6 heteroatoms. The van der Waals surface area contributed by atoms with Crippen LogP contribution in [0.5, 0.6) is 0 Å². The summed E-state index contributed by atoms with van der Waals surface area (Å²) in [7, 11) is 0. The fourth-order valence-electron chi connectivity index (χ4n) is 3.04. The van der Waals surface area contributed by atoms with Gasteiger partial charge in [0, 0.05) is 25.3 Å². The van der Waals surface area contributed by atoms with Crippen molar-refractivity contribution in [2.45, 2.75) is 12.8 Å². The molecule has 0 spiro atoms. The van der Waals surface area contributed by atoms with E-state index < -0.39 is 5.97 Å². The van der Waals surface area contributed by atoms with E-state index in [0.717, 1.165) is 18.4 Å². The lowest BCUT2D eigenvalue weighted by molar-refractivity contribution is 0.0697. The van der Waals surface area contributed by atoms with Crippen molar-refractivity contribution >= 4 is 11.8 Å². The number of hydrogen-bond donors (Lipinski definition) is 2. The second kappa shape index (κ2) is 6.97. The van der Waals surface area contributed by atoms with Gasteiger partial charge in [0.15, 0.2) is 0 Å². The van der Waals surface area contributed by atoms with Crippen molar-refractivity contribution in [1.82, 2.24) is 4.98 Å². The maximum atomic E-state index is 13.1. The second-order valence-electron chi connectivity index (χ2n) is 6.02. The number of carboxylic acid groups (broad SMARTS) is 1. The Morgan fingerprint density at radius 3 is 2.67 bits per heavy atom. The van der Waals surface area contributed by atoms with Gasteiger partial charge >= 0.3 is 5.97 Å². The quantitative estimate of drug-likeness (QED) is 0.902. The summed E-state index contributed by atoms with van der Waals surface area (Å²) in [6.07, 6.45) is 1.81. The van der Waals surface area contributed by atoms with Crippen molar-refractivity contribution in [3.05, 3.63) is 47.8 Å². The Hall–Kier alpha value is -2.47. The van der Waals surface area contributed by atoms with Crippen molar-refractivity contribution in [2.24, 2.45) is 5.92 Å². The monoisotopic (exact) mass is 330 g/mol. The van der Waals surface area contributed by atoms with Gasteiger partial charge in [0.2, 0.25) is 0 Å². The van der Waals surface area contributed by atoms with Gasteiger partial charge in [0.05, 0.1) is 5.69 Å². The molecule has 2 aromatic rings. The molecule has 1 aromatic heterocycles. The predicted molar refractivity (Wildman–Crippen MR) is 88.6 cm³/mol. The maximum absolute atomic E-state index is 13.1. The van der Waals surface area contributed by atoms with Crippen molar-refractivity contribution in [2.75, 3.05) is 24.6 Å². The van der Waals surface area contributed by atoms with E-state index in [1.54, 1.807) is 18.2 Å². The molecule has 1 fully saturated rings. The first kappa shape index (κ1) is 16.4. The molecule has 3 rings (SSSR count). The fraction of sp³-hybridized carbons (Fsp3) is 0.333. The minimum absolute atomic E-state index is 0.0799.